The van der Waals surface area contributed by atoms with Gasteiger partial charge in [0.1, 0.15) is 0 Å². The molecule has 0 saturated carbocycles. The zero-order valence-corrected chi connectivity index (χ0v) is 15.8. The van der Waals surface area contributed by atoms with Crippen molar-refractivity contribution in [3.63, 3.8) is 0 Å². The van der Waals surface area contributed by atoms with Crippen molar-refractivity contribution in [3.05, 3.63) is 0 Å². The van der Waals surface area contributed by atoms with E-state index in [0.717, 1.165) is 32.1 Å². The van der Waals surface area contributed by atoms with Crippen LogP contribution in [-0.2, 0) is 14.4 Å². The zero-order valence-electron chi connectivity index (χ0n) is 15.8. The summed E-state index contributed by atoms with van der Waals surface area (Å²) in [5, 5.41) is 13.9. The minimum absolute atomic E-state index is 0.0162. The van der Waals surface area contributed by atoms with Crippen molar-refractivity contribution in [2.75, 3.05) is 13.1 Å². The summed E-state index contributed by atoms with van der Waals surface area (Å²) in [6.45, 7) is 2.88. The summed E-state index contributed by atoms with van der Waals surface area (Å²) in [6.07, 6.45) is 12.5. The third kappa shape index (κ3) is 18.6. The lowest BCUT2D eigenvalue weighted by Gasteiger charge is -2.04. The molecule has 0 aliphatic heterocycles. The predicted molar refractivity (Wildman–Crippen MR) is 99.4 cm³/mol. The first-order valence-corrected chi connectivity index (χ1v) is 9.81. The number of rotatable bonds is 17. The summed E-state index contributed by atoms with van der Waals surface area (Å²) in [5.74, 6) is -0.769. The second-order valence-corrected chi connectivity index (χ2v) is 6.48. The molecule has 0 atom stereocenters. The standard InChI is InChI=1S/C19H36N2O4/c1-2-20-17(22)13-11-9-7-5-3-4-6-8-10-12-14-18(23)21-16-15-19(24)25/h2-16H2,1H3,(H,20,22)(H,21,23)(H,24,25). The fraction of sp³-hybridized carbons (Fsp3) is 0.842. The Hall–Kier alpha value is -1.59. The Balaban J connectivity index is 3.20. The highest BCUT2D eigenvalue weighted by Crippen LogP contribution is 2.12. The van der Waals surface area contributed by atoms with Crippen molar-refractivity contribution < 1.29 is 19.5 Å². The van der Waals surface area contributed by atoms with Gasteiger partial charge < -0.3 is 15.7 Å². The van der Waals surface area contributed by atoms with E-state index < -0.39 is 5.97 Å². The van der Waals surface area contributed by atoms with E-state index in [1.165, 1.54) is 32.1 Å². The zero-order chi connectivity index (χ0) is 18.8. The average molecular weight is 357 g/mol. The molecule has 0 saturated heterocycles. The third-order valence-electron chi connectivity index (χ3n) is 4.09. The molecular weight excluding hydrogens is 320 g/mol. The summed E-state index contributed by atoms with van der Waals surface area (Å²) in [6, 6.07) is 0. The molecule has 0 fully saturated rings. The van der Waals surface area contributed by atoms with Crippen LogP contribution in [0.4, 0.5) is 0 Å². The van der Waals surface area contributed by atoms with Gasteiger partial charge in [0.2, 0.25) is 11.8 Å². The van der Waals surface area contributed by atoms with Crippen LogP contribution in [0.1, 0.15) is 90.4 Å². The van der Waals surface area contributed by atoms with Crippen LogP contribution in [0.25, 0.3) is 0 Å². The molecule has 0 rings (SSSR count). The van der Waals surface area contributed by atoms with Gasteiger partial charge in [-0.2, -0.15) is 0 Å². The first-order valence-electron chi connectivity index (χ1n) is 9.81. The Kier molecular flexibility index (Phi) is 16.1. The quantitative estimate of drug-likeness (QED) is 0.348. The van der Waals surface area contributed by atoms with Crippen LogP contribution in [0.5, 0.6) is 0 Å². The molecule has 0 aliphatic carbocycles. The molecule has 0 aromatic carbocycles. The van der Waals surface area contributed by atoms with Crippen LogP contribution in [0, 0.1) is 0 Å². The van der Waals surface area contributed by atoms with E-state index in [1.54, 1.807) is 0 Å². The van der Waals surface area contributed by atoms with Gasteiger partial charge in [0.25, 0.3) is 0 Å². The summed E-state index contributed by atoms with van der Waals surface area (Å²) in [5.41, 5.74) is 0. The van der Waals surface area contributed by atoms with Gasteiger partial charge in [-0.25, -0.2) is 0 Å². The van der Waals surface area contributed by atoms with E-state index in [1.807, 2.05) is 6.92 Å². The molecule has 0 spiro atoms. The van der Waals surface area contributed by atoms with Gasteiger partial charge in [0.15, 0.2) is 0 Å². The van der Waals surface area contributed by atoms with Crippen LogP contribution in [-0.4, -0.2) is 36.0 Å². The van der Waals surface area contributed by atoms with Crippen LogP contribution < -0.4 is 10.6 Å². The SMILES string of the molecule is CCNC(=O)CCCCCCCCCCCCC(=O)NCCC(=O)O. The summed E-state index contributed by atoms with van der Waals surface area (Å²) in [7, 11) is 0. The monoisotopic (exact) mass is 356 g/mol. The first kappa shape index (κ1) is 23.4. The molecule has 0 unspecified atom stereocenters. The number of hydrogen-bond acceptors (Lipinski definition) is 3. The highest BCUT2D eigenvalue weighted by Gasteiger charge is 2.02. The minimum Gasteiger partial charge on any atom is -0.481 e. The third-order valence-corrected chi connectivity index (χ3v) is 4.09. The normalized spacial score (nSPS) is 10.4. The molecule has 146 valence electrons. The van der Waals surface area contributed by atoms with Crippen molar-refractivity contribution in [3.8, 4) is 0 Å². The highest BCUT2D eigenvalue weighted by molar-refractivity contribution is 5.76. The molecule has 25 heavy (non-hydrogen) atoms. The van der Waals surface area contributed by atoms with E-state index >= 15 is 0 Å². The van der Waals surface area contributed by atoms with Crippen molar-refractivity contribution in [1.29, 1.82) is 0 Å². The summed E-state index contributed by atoms with van der Waals surface area (Å²) < 4.78 is 0. The number of hydrogen-bond donors (Lipinski definition) is 3. The molecule has 6 heteroatoms. The minimum atomic E-state index is -0.887. The number of amides is 2. The molecule has 0 bridgehead atoms. The lowest BCUT2D eigenvalue weighted by atomic mass is 10.0. The maximum Gasteiger partial charge on any atom is 0.305 e. The van der Waals surface area contributed by atoms with Crippen LogP contribution in [0.15, 0.2) is 0 Å². The fourth-order valence-corrected chi connectivity index (χ4v) is 2.67. The average Bonchev–Trinajstić information content (AvgIpc) is 2.55. The lowest BCUT2D eigenvalue weighted by molar-refractivity contribution is -0.137. The molecule has 0 radical (unpaired) electrons. The topological polar surface area (TPSA) is 95.5 Å². The number of unbranched alkanes of at least 4 members (excludes halogenated alkanes) is 9. The highest BCUT2D eigenvalue weighted by atomic mass is 16.4. The molecule has 0 heterocycles. The molecule has 0 aromatic rings. The summed E-state index contributed by atoms with van der Waals surface area (Å²) in [4.78, 5) is 33.0. The van der Waals surface area contributed by atoms with Gasteiger partial charge in [0, 0.05) is 25.9 Å². The second kappa shape index (κ2) is 17.2. The van der Waals surface area contributed by atoms with Gasteiger partial charge in [0.05, 0.1) is 6.42 Å². The second-order valence-electron chi connectivity index (χ2n) is 6.48. The Morgan fingerprint density at radius 2 is 1.04 bits per heavy atom. The van der Waals surface area contributed by atoms with Gasteiger partial charge in [-0.15, -0.1) is 0 Å². The van der Waals surface area contributed by atoms with Crippen LogP contribution >= 0.6 is 0 Å². The first-order chi connectivity index (χ1) is 12.1. The smallest absolute Gasteiger partial charge is 0.305 e. The number of carboxylic acid groups (broad SMARTS) is 1. The molecule has 0 aromatic heterocycles. The maximum absolute atomic E-state index is 11.4. The summed E-state index contributed by atoms with van der Waals surface area (Å²) >= 11 is 0. The lowest BCUT2D eigenvalue weighted by Crippen LogP contribution is -2.25. The van der Waals surface area contributed by atoms with Gasteiger partial charge in [-0.3, -0.25) is 14.4 Å². The van der Waals surface area contributed by atoms with E-state index in [0.29, 0.717) is 19.4 Å². The van der Waals surface area contributed by atoms with Gasteiger partial charge in [-0.1, -0.05) is 51.4 Å². The van der Waals surface area contributed by atoms with Crippen molar-refractivity contribution in [1.82, 2.24) is 10.6 Å². The van der Waals surface area contributed by atoms with Gasteiger partial charge >= 0.3 is 5.97 Å². The number of nitrogens with one attached hydrogen (secondary N) is 2. The molecule has 6 nitrogen and oxygen atoms in total. The molecule has 3 N–H and O–H groups in total. The fourth-order valence-electron chi connectivity index (χ4n) is 2.67. The van der Waals surface area contributed by atoms with Crippen molar-refractivity contribution in [2.45, 2.75) is 90.4 Å². The Labute approximate surface area is 152 Å². The van der Waals surface area contributed by atoms with Crippen molar-refractivity contribution in [2.24, 2.45) is 0 Å². The van der Waals surface area contributed by atoms with Gasteiger partial charge in [-0.05, 0) is 19.8 Å². The van der Waals surface area contributed by atoms with E-state index in [9.17, 15) is 14.4 Å². The molecule has 2 amide bonds. The van der Waals surface area contributed by atoms with E-state index in [-0.39, 0.29) is 24.8 Å². The Bertz CT molecular complexity index is 372. The Morgan fingerprint density at radius 1 is 0.640 bits per heavy atom. The largest absolute Gasteiger partial charge is 0.481 e. The number of carbonyl (C=O) groups excluding carboxylic acids is 2. The molecule has 0 aliphatic rings. The Morgan fingerprint density at radius 3 is 1.44 bits per heavy atom. The number of carbonyl (C=O) groups is 3. The maximum atomic E-state index is 11.4. The van der Waals surface area contributed by atoms with Crippen LogP contribution in [0.2, 0.25) is 0 Å². The molecular formula is C19H36N2O4. The van der Waals surface area contributed by atoms with Crippen molar-refractivity contribution >= 4 is 17.8 Å². The number of aliphatic carboxylic acids is 1. The van der Waals surface area contributed by atoms with E-state index in [2.05, 4.69) is 10.6 Å². The predicted octanol–water partition coefficient (Wildman–Crippen LogP) is 3.39. The van der Waals surface area contributed by atoms with Crippen LogP contribution in [0.3, 0.4) is 0 Å². The number of carboxylic acids is 1. The van der Waals surface area contributed by atoms with E-state index in [4.69, 9.17) is 5.11 Å².